The SMILES string of the molecule is CN=C(NCC1CCN(CCOC)CC1)NCC(C)(C)OC.I. The van der Waals surface area contributed by atoms with E-state index in [2.05, 4.69) is 34.4 Å². The molecule has 1 fully saturated rings. The van der Waals surface area contributed by atoms with Gasteiger partial charge in [0.1, 0.15) is 0 Å². The van der Waals surface area contributed by atoms with Gasteiger partial charge in [0, 0.05) is 40.9 Å². The molecule has 6 nitrogen and oxygen atoms in total. The average Bonchev–Trinajstić information content (AvgIpc) is 2.54. The van der Waals surface area contributed by atoms with E-state index < -0.39 is 0 Å². The molecule has 0 atom stereocenters. The van der Waals surface area contributed by atoms with Crippen LogP contribution in [0.5, 0.6) is 0 Å². The van der Waals surface area contributed by atoms with Crippen LogP contribution in [0, 0.1) is 5.92 Å². The standard InChI is InChI=1S/C16H34N4O2.HI/c1-16(2,22-5)13-19-15(17-3)18-12-14-6-8-20(9-7-14)10-11-21-4;/h14H,6-13H2,1-5H3,(H2,17,18,19);1H. The lowest BCUT2D eigenvalue weighted by molar-refractivity contribution is 0.0268. The van der Waals surface area contributed by atoms with E-state index in [1.807, 2.05) is 7.05 Å². The van der Waals surface area contributed by atoms with Crippen molar-refractivity contribution in [3.05, 3.63) is 0 Å². The summed E-state index contributed by atoms with van der Waals surface area (Å²) in [7, 11) is 5.30. The Hall–Kier alpha value is -0.120. The Morgan fingerprint density at radius 3 is 2.39 bits per heavy atom. The van der Waals surface area contributed by atoms with E-state index in [-0.39, 0.29) is 29.6 Å². The van der Waals surface area contributed by atoms with Crippen LogP contribution >= 0.6 is 24.0 Å². The Morgan fingerprint density at radius 2 is 1.87 bits per heavy atom. The second kappa shape index (κ2) is 12.3. The van der Waals surface area contributed by atoms with E-state index in [1.54, 1.807) is 14.2 Å². The van der Waals surface area contributed by atoms with Crippen molar-refractivity contribution in [3.63, 3.8) is 0 Å². The molecule has 1 aliphatic heterocycles. The topological polar surface area (TPSA) is 58.1 Å². The van der Waals surface area contributed by atoms with E-state index in [4.69, 9.17) is 9.47 Å². The largest absolute Gasteiger partial charge is 0.383 e. The van der Waals surface area contributed by atoms with Gasteiger partial charge in [-0.3, -0.25) is 4.99 Å². The first kappa shape index (κ1) is 22.9. The first-order valence-corrected chi connectivity index (χ1v) is 8.21. The fraction of sp³-hybridized carbons (Fsp3) is 0.938. The van der Waals surface area contributed by atoms with Crippen molar-refractivity contribution in [2.45, 2.75) is 32.3 Å². The van der Waals surface area contributed by atoms with Crippen molar-refractivity contribution in [3.8, 4) is 0 Å². The summed E-state index contributed by atoms with van der Waals surface area (Å²) in [5.41, 5.74) is -0.190. The molecule has 0 spiro atoms. The lowest BCUT2D eigenvalue weighted by Crippen LogP contribution is -2.47. The van der Waals surface area contributed by atoms with Crippen LogP contribution in [-0.2, 0) is 9.47 Å². The van der Waals surface area contributed by atoms with Gasteiger partial charge in [0.25, 0.3) is 0 Å². The third-order valence-electron chi connectivity index (χ3n) is 4.33. The fourth-order valence-electron chi connectivity index (χ4n) is 2.46. The van der Waals surface area contributed by atoms with E-state index in [0.717, 1.165) is 32.2 Å². The highest BCUT2D eigenvalue weighted by molar-refractivity contribution is 14.0. The first-order chi connectivity index (χ1) is 10.5. The number of guanidine groups is 1. The predicted molar refractivity (Wildman–Crippen MR) is 107 cm³/mol. The van der Waals surface area contributed by atoms with Crippen LogP contribution in [0.15, 0.2) is 4.99 Å². The minimum Gasteiger partial charge on any atom is -0.383 e. The molecule has 2 N–H and O–H groups in total. The number of nitrogens with one attached hydrogen (secondary N) is 2. The van der Waals surface area contributed by atoms with E-state index >= 15 is 0 Å². The fourth-order valence-corrected chi connectivity index (χ4v) is 2.46. The van der Waals surface area contributed by atoms with Crippen molar-refractivity contribution in [1.82, 2.24) is 15.5 Å². The van der Waals surface area contributed by atoms with Gasteiger partial charge in [-0.1, -0.05) is 0 Å². The van der Waals surface area contributed by atoms with Crippen LogP contribution in [0.3, 0.4) is 0 Å². The molecule has 1 rings (SSSR count). The summed E-state index contributed by atoms with van der Waals surface area (Å²) in [6, 6.07) is 0. The number of ether oxygens (including phenoxy) is 2. The second-order valence-corrected chi connectivity index (χ2v) is 6.55. The lowest BCUT2D eigenvalue weighted by atomic mass is 9.97. The highest BCUT2D eigenvalue weighted by atomic mass is 127. The highest BCUT2D eigenvalue weighted by Gasteiger charge is 2.20. The molecule has 7 heteroatoms. The molecular weight excluding hydrogens is 407 g/mol. The molecular formula is C16H35IN4O2. The number of rotatable bonds is 8. The zero-order chi connectivity index (χ0) is 16.4. The second-order valence-electron chi connectivity index (χ2n) is 6.55. The average molecular weight is 442 g/mol. The van der Waals surface area contributed by atoms with Crippen LogP contribution in [0.25, 0.3) is 0 Å². The maximum Gasteiger partial charge on any atom is 0.191 e. The Balaban J connectivity index is 0.00000484. The summed E-state index contributed by atoms with van der Waals surface area (Å²) in [6.45, 7) is 10.0. The summed E-state index contributed by atoms with van der Waals surface area (Å²) in [6.07, 6.45) is 2.47. The Kier molecular flexibility index (Phi) is 12.2. The molecule has 0 aromatic rings. The van der Waals surface area contributed by atoms with Crippen molar-refractivity contribution in [2.24, 2.45) is 10.9 Å². The number of piperidine rings is 1. The molecule has 1 heterocycles. The molecule has 1 saturated heterocycles. The van der Waals surface area contributed by atoms with E-state index in [0.29, 0.717) is 5.92 Å². The normalized spacial score (nSPS) is 17.7. The molecule has 0 saturated carbocycles. The molecule has 0 aromatic heterocycles. The number of hydrogen-bond donors (Lipinski definition) is 2. The van der Waals surface area contributed by atoms with E-state index in [1.165, 1.54) is 25.9 Å². The molecule has 138 valence electrons. The number of methoxy groups -OCH3 is 2. The summed E-state index contributed by atoms with van der Waals surface area (Å²) in [5, 5.41) is 6.76. The van der Waals surface area contributed by atoms with Gasteiger partial charge in [-0.2, -0.15) is 0 Å². The van der Waals surface area contributed by atoms with Crippen molar-refractivity contribution in [2.75, 3.05) is 60.6 Å². The van der Waals surface area contributed by atoms with Gasteiger partial charge in [-0.25, -0.2) is 0 Å². The summed E-state index contributed by atoms with van der Waals surface area (Å²) >= 11 is 0. The van der Waals surface area contributed by atoms with Crippen molar-refractivity contribution in [1.29, 1.82) is 0 Å². The van der Waals surface area contributed by atoms with Gasteiger partial charge in [0.05, 0.1) is 12.2 Å². The van der Waals surface area contributed by atoms with Crippen LogP contribution in [0.1, 0.15) is 26.7 Å². The summed E-state index contributed by atoms with van der Waals surface area (Å²) < 4.78 is 10.6. The van der Waals surface area contributed by atoms with Gasteiger partial charge in [-0.05, 0) is 45.7 Å². The monoisotopic (exact) mass is 442 g/mol. The van der Waals surface area contributed by atoms with Gasteiger partial charge in [0.2, 0.25) is 0 Å². The van der Waals surface area contributed by atoms with Crippen LogP contribution in [-0.4, -0.2) is 77.1 Å². The molecule has 0 amide bonds. The highest BCUT2D eigenvalue weighted by Crippen LogP contribution is 2.15. The van der Waals surface area contributed by atoms with Crippen LogP contribution in [0.2, 0.25) is 0 Å². The number of hydrogen-bond acceptors (Lipinski definition) is 4. The minimum atomic E-state index is -0.190. The van der Waals surface area contributed by atoms with Crippen LogP contribution in [0.4, 0.5) is 0 Å². The summed E-state index contributed by atoms with van der Waals surface area (Å²) in [4.78, 5) is 6.76. The Bertz CT molecular complexity index is 332. The molecule has 1 aliphatic rings. The van der Waals surface area contributed by atoms with Crippen molar-refractivity contribution >= 4 is 29.9 Å². The molecule has 0 bridgehead atoms. The third-order valence-corrected chi connectivity index (χ3v) is 4.33. The smallest absolute Gasteiger partial charge is 0.191 e. The van der Waals surface area contributed by atoms with Crippen LogP contribution < -0.4 is 10.6 Å². The number of nitrogens with zero attached hydrogens (tertiary/aromatic N) is 2. The van der Waals surface area contributed by atoms with E-state index in [9.17, 15) is 0 Å². The van der Waals surface area contributed by atoms with Crippen molar-refractivity contribution < 1.29 is 9.47 Å². The maximum atomic E-state index is 5.41. The van der Waals surface area contributed by atoms with Gasteiger partial charge in [0.15, 0.2) is 5.96 Å². The zero-order valence-electron chi connectivity index (χ0n) is 15.4. The van der Waals surface area contributed by atoms with Gasteiger partial charge in [-0.15, -0.1) is 24.0 Å². The number of likely N-dealkylation sites (tertiary alicyclic amines) is 1. The molecule has 23 heavy (non-hydrogen) atoms. The molecule has 0 aliphatic carbocycles. The number of aliphatic imine (C=N–C) groups is 1. The minimum absolute atomic E-state index is 0. The molecule has 0 radical (unpaired) electrons. The molecule has 0 aromatic carbocycles. The van der Waals surface area contributed by atoms with Gasteiger partial charge < -0.3 is 25.0 Å². The summed E-state index contributed by atoms with van der Waals surface area (Å²) in [5.74, 6) is 1.57. The molecule has 0 unspecified atom stereocenters. The Labute approximate surface area is 158 Å². The number of halogens is 1. The predicted octanol–water partition coefficient (Wildman–Crippen LogP) is 1.55. The maximum absolute atomic E-state index is 5.41. The zero-order valence-corrected chi connectivity index (χ0v) is 17.7. The lowest BCUT2D eigenvalue weighted by Gasteiger charge is -2.32. The first-order valence-electron chi connectivity index (χ1n) is 8.21. The quantitative estimate of drug-likeness (QED) is 0.340. The Morgan fingerprint density at radius 1 is 1.22 bits per heavy atom. The third kappa shape index (κ3) is 9.69. The van der Waals surface area contributed by atoms with Gasteiger partial charge >= 0.3 is 0 Å².